The van der Waals surface area contributed by atoms with Crippen LogP contribution in [-0.2, 0) is 16.6 Å². The molecule has 0 saturated carbocycles. The molecule has 7 heteroatoms. The number of sulfonamides is 1. The molecule has 2 heterocycles. The van der Waals surface area contributed by atoms with Gasteiger partial charge in [-0.2, -0.15) is 9.40 Å². The Kier molecular flexibility index (Phi) is 3.50. The molecular formula is C10H18N4O2S. The van der Waals surface area contributed by atoms with E-state index in [0.29, 0.717) is 18.7 Å². The first kappa shape index (κ1) is 12.5. The summed E-state index contributed by atoms with van der Waals surface area (Å²) in [7, 11) is -1.64. The van der Waals surface area contributed by atoms with Crippen LogP contribution < -0.4 is 5.32 Å². The highest BCUT2D eigenvalue weighted by Gasteiger charge is 2.34. The first-order chi connectivity index (χ1) is 8.07. The van der Waals surface area contributed by atoms with Gasteiger partial charge in [-0.1, -0.05) is 0 Å². The highest BCUT2D eigenvalue weighted by Crippen LogP contribution is 2.26. The summed E-state index contributed by atoms with van der Waals surface area (Å²) in [5, 5.41) is 9.61. The van der Waals surface area contributed by atoms with Gasteiger partial charge in [0.25, 0.3) is 10.0 Å². The molecule has 0 aromatic carbocycles. The van der Waals surface area contributed by atoms with Crippen molar-refractivity contribution in [1.29, 1.82) is 0 Å². The van der Waals surface area contributed by atoms with Crippen molar-refractivity contribution in [3.05, 3.63) is 11.8 Å². The number of nitrogens with one attached hydrogen (secondary N) is 2. The van der Waals surface area contributed by atoms with E-state index in [2.05, 4.69) is 15.5 Å². The van der Waals surface area contributed by atoms with Crippen molar-refractivity contribution in [2.45, 2.75) is 37.4 Å². The molecule has 0 spiro atoms. The van der Waals surface area contributed by atoms with E-state index >= 15 is 0 Å². The molecule has 1 fully saturated rings. The maximum Gasteiger partial charge on any atom is 0.260 e. The highest BCUT2D eigenvalue weighted by molar-refractivity contribution is 7.89. The van der Waals surface area contributed by atoms with Crippen molar-refractivity contribution in [2.24, 2.45) is 0 Å². The molecule has 0 aliphatic carbocycles. The molecule has 0 amide bonds. The lowest BCUT2D eigenvalue weighted by molar-refractivity contribution is 0.405. The average Bonchev–Trinajstić information content (AvgIpc) is 2.87. The van der Waals surface area contributed by atoms with Crippen LogP contribution in [0.15, 0.2) is 11.2 Å². The molecule has 1 aromatic rings. The molecule has 0 bridgehead atoms. The van der Waals surface area contributed by atoms with E-state index in [1.165, 1.54) is 0 Å². The number of rotatable bonds is 4. The van der Waals surface area contributed by atoms with Gasteiger partial charge in [0.2, 0.25) is 0 Å². The monoisotopic (exact) mass is 258 g/mol. The van der Waals surface area contributed by atoms with Crippen molar-refractivity contribution in [3.63, 3.8) is 0 Å². The Hall–Kier alpha value is -0.920. The number of hydrogen-bond donors (Lipinski definition) is 2. The lowest BCUT2D eigenvalue weighted by Gasteiger charge is -2.20. The van der Waals surface area contributed by atoms with E-state index in [4.69, 9.17) is 0 Å². The minimum atomic E-state index is -3.42. The topological polar surface area (TPSA) is 78.1 Å². The molecule has 17 heavy (non-hydrogen) atoms. The maximum atomic E-state index is 12.4. The normalized spacial score (nSPS) is 22.1. The predicted octanol–water partition coefficient (Wildman–Crippen LogP) is 0.302. The van der Waals surface area contributed by atoms with Crippen molar-refractivity contribution in [1.82, 2.24) is 19.8 Å². The quantitative estimate of drug-likeness (QED) is 0.814. The summed E-state index contributed by atoms with van der Waals surface area (Å²) >= 11 is 0. The Morgan fingerprint density at radius 3 is 3.00 bits per heavy atom. The molecule has 6 nitrogen and oxygen atoms in total. The third-order valence-corrected chi connectivity index (χ3v) is 5.13. The first-order valence-electron chi connectivity index (χ1n) is 5.76. The zero-order valence-electron chi connectivity index (χ0n) is 10.1. The standard InChI is InChI=1S/C10H18N4O2S/c1-8-4-3-5-14(8)17(15,16)10-9(6-11-2)7-12-13-10/h7-8,11H,3-6H2,1-2H3,(H,12,13). The zero-order valence-corrected chi connectivity index (χ0v) is 10.9. The summed E-state index contributed by atoms with van der Waals surface area (Å²) in [4.78, 5) is 0. The molecule has 1 unspecified atom stereocenters. The van der Waals surface area contributed by atoms with Gasteiger partial charge in [-0.3, -0.25) is 5.10 Å². The number of aromatic amines is 1. The van der Waals surface area contributed by atoms with Crippen LogP contribution in [0, 0.1) is 0 Å². The third-order valence-electron chi connectivity index (χ3n) is 3.10. The second kappa shape index (κ2) is 4.75. The molecule has 2 rings (SSSR count). The molecule has 96 valence electrons. The van der Waals surface area contributed by atoms with Crippen LogP contribution >= 0.6 is 0 Å². The van der Waals surface area contributed by atoms with E-state index in [1.807, 2.05) is 6.92 Å². The van der Waals surface area contributed by atoms with Crippen LogP contribution in [0.5, 0.6) is 0 Å². The van der Waals surface area contributed by atoms with Gasteiger partial charge in [-0.25, -0.2) is 8.42 Å². The Balaban J connectivity index is 2.34. The van der Waals surface area contributed by atoms with Gasteiger partial charge >= 0.3 is 0 Å². The van der Waals surface area contributed by atoms with Gasteiger partial charge in [-0.05, 0) is 26.8 Å². The highest BCUT2D eigenvalue weighted by atomic mass is 32.2. The zero-order chi connectivity index (χ0) is 12.5. The number of nitrogens with zero attached hydrogens (tertiary/aromatic N) is 2. The fraction of sp³-hybridized carbons (Fsp3) is 0.700. The largest absolute Gasteiger partial charge is 0.316 e. The molecule has 2 N–H and O–H groups in total. The van der Waals surface area contributed by atoms with Gasteiger partial charge in [0, 0.05) is 24.7 Å². The lowest BCUT2D eigenvalue weighted by atomic mass is 10.3. The summed E-state index contributed by atoms with van der Waals surface area (Å²) in [6, 6.07) is 0.0748. The van der Waals surface area contributed by atoms with E-state index < -0.39 is 10.0 Å². The smallest absolute Gasteiger partial charge is 0.260 e. The van der Waals surface area contributed by atoms with Gasteiger partial charge in [0.05, 0.1) is 6.20 Å². The molecule has 1 atom stereocenters. The fourth-order valence-electron chi connectivity index (χ4n) is 2.22. The van der Waals surface area contributed by atoms with Crippen molar-refractivity contribution < 1.29 is 8.42 Å². The summed E-state index contributed by atoms with van der Waals surface area (Å²) in [5.41, 5.74) is 0.687. The molecule has 1 aromatic heterocycles. The molecule has 1 aliphatic rings. The Labute approximate surface area is 101 Å². The van der Waals surface area contributed by atoms with Crippen molar-refractivity contribution in [2.75, 3.05) is 13.6 Å². The van der Waals surface area contributed by atoms with E-state index in [9.17, 15) is 8.42 Å². The second-order valence-corrected chi connectivity index (χ2v) is 6.19. The Morgan fingerprint density at radius 1 is 1.65 bits per heavy atom. The van der Waals surface area contributed by atoms with E-state index in [1.54, 1.807) is 17.5 Å². The minimum absolute atomic E-state index is 0.0748. The first-order valence-corrected chi connectivity index (χ1v) is 7.20. The van der Waals surface area contributed by atoms with Crippen LogP contribution in [-0.4, -0.2) is 42.6 Å². The fourth-order valence-corrected chi connectivity index (χ4v) is 4.03. The van der Waals surface area contributed by atoms with Crippen molar-refractivity contribution in [3.8, 4) is 0 Å². The summed E-state index contributed by atoms with van der Waals surface area (Å²) < 4.78 is 26.4. The molecule has 1 aliphatic heterocycles. The van der Waals surface area contributed by atoms with Crippen LogP contribution in [0.4, 0.5) is 0 Å². The molecular weight excluding hydrogens is 240 g/mol. The summed E-state index contributed by atoms with van der Waals surface area (Å²) in [6.45, 7) is 3.04. The SMILES string of the molecule is CNCc1cn[nH]c1S(=O)(=O)N1CCCC1C. The van der Waals surface area contributed by atoms with Crippen LogP contribution in [0.3, 0.4) is 0 Å². The second-order valence-electron chi connectivity index (χ2n) is 4.36. The average molecular weight is 258 g/mol. The Bertz CT molecular complexity index is 482. The van der Waals surface area contributed by atoms with Gasteiger partial charge in [-0.15, -0.1) is 0 Å². The third kappa shape index (κ3) is 2.22. The van der Waals surface area contributed by atoms with E-state index in [0.717, 1.165) is 12.8 Å². The minimum Gasteiger partial charge on any atom is -0.316 e. The number of H-pyrrole nitrogens is 1. The van der Waals surface area contributed by atoms with E-state index in [-0.39, 0.29) is 11.1 Å². The van der Waals surface area contributed by atoms with Gasteiger partial charge in [0.15, 0.2) is 5.03 Å². The maximum absolute atomic E-state index is 12.4. The van der Waals surface area contributed by atoms with Crippen LogP contribution in [0.1, 0.15) is 25.3 Å². The summed E-state index contributed by atoms with van der Waals surface area (Å²) in [6.07, 6.45) is 3.41. The molecule has 0 radical (unpaired) electrons. The predicted molar refractivity (Wildman–Crippen MR) is 63.9 cm³/mol. The summed E-state index contributed by atoms with van der Waals surface area (Å²) in [5.74, 6) is 0. The van der Waals surface area contributed by atoms with Crippen LogP contribution in [0.25, 0.3) is 0 Å². The Morgan fingerprint density at radius 2 is 2.41 bits per heavy atom. The van der Waals surface area contributed by atoms with Gasteiger partial charge in [0.1, 0.15) is 0 Å². The van der Waals surface area contributed by atoms with Crippen LogP contribution in [0.2, 0.25) is 0 Å². The number of hydrogen-bond acceptors (Lipinski definition) is 4. The van der Waals surface area contributed by atoms with Gasteiger partial charge < -0.3 is 5.32 Å². The van der Waals surface area contributed by atoms with Crippen molar-refractivity contribution >= 4 is 10.0 Å². The lowest BCUT2D eigenvalue weighted by Crippen LogP contribution is -2.34. The number of aromatic nitrogens is 2. The molecule has 1 saturated heterocycles.